The smallest absolute Gasteiger partial charge is 0.323 e. The minimum Gasteiger partial charge on any atom is -0.465 e. The second-order valence-electron chi connectivity index (χ2n) is 5.42. The number of carbonyl (C=O) groups excluding carboxylic acids is 3. The molecule has 2 aliphatic heterocycles. The Kier molecular flexibility index (Phi) is 5.76. The molecule has 2 rings (SSSR count). The van der Waals surface area contributed by atoms with Crippen LogP contribution in [0, 0.1) is 5.92 Å². The van der Waals surface area contributed by atoms with Gasteiger partial charge in [0.15, 0.2) is 12.0 Å². The van der Waals surface area contributed by atoms with Crippen molar-refractivity contribution in [3.63, 3.8) is 0 Å². The molecule has 2 atom stereocenters. The topological polar surface area (TPSA) is 82.1 Å². The van der Waals surface area contributed by atoms with E-state index in [9.17, 15) is 14.4 Å². The third-order valence-electron chi connectivity index (χ3n) is 4.01. The van der Waals surface area contributed by atoms with Crippen LogP contribution in [0.2, 0.25) is 0 Å². The summed E-state index contributed by atoms with van der Waals surface area (Å²) in [6.45, 7) is 4.52. The second kappa shape index (κ2) is 7.58. The Bertz CT molecular complexity index is 420. The van der Waals surface area contributed by atoms with Gasteiger partial charge in [-0.1, -0.05) is 0 Å². The summed E-state index contributed by atoms with van der Waals surface area (Å²) >= 11 is 0. The zero-order valence-corrected chi connectivity index (χ0v) is 13.1. The first kappa shape index (κ1) is 16.7. The highest BCUT2D eigenvalue weighted by atomic mass is 16.6. The fraction of sp³-hybridized carbons (Fsp3) is 0.800. The lowest BCUT2D eigenvalue weighted by Gasteiger charge is -2.43. The molecule has 2 aliphatic rings. The maximum atomic E-state index is 12.6. The Labute approximate surface area is 129 Å². The summed E-state index contributed by atoms with van der Waals surface area (Å²) in [5, 5.41) is 0. The predicted molar refractivity (Wildman–Crippen MR) is 75.8 cm³/mol. The minimum atomic E-state index is -1.35. The number of piperidine rings is 1. The normalized spacial score (nSPS) is 24.9. The van der Waals surface area contributed by atoms with E-state index in [1.807, 2.05) is 0 Å². The Morgan fingerprint density at radius 3 is 2.45 bits per heavy atom. The number of rotatable bonds is 5. The Balaban J connectivity index is 2.17. The van der Waals surface area contributed by atoms with Crippen molar-refractivity contribution in [2.75, 3.05) is 26.4 Å². The van der Waals surface area contributed by atoms with Crippen LogP contribution in [-0.2, 0) is 28.6 Å². The van der Waals surface area contributed by atoms with Gasteiger partial charge in [0.2, 0.25) is 0 Å². The van der Waals surface area contributed by atoms with Crippen molar-refractivity contribution in [2.24, 2.45) is 5.92 Å². The first-order chi connectivity index (χ1) is 10.6. The Morgan fingerprint density at radius 2 is 1.86 bits per heavy atom. The molecular weight excluding hydrogens is 290 g/mol. The number of carbonyl (C=O) groups is 3. The van der Waals surface area contributed by atoms with Gasteiger partial charge in [0.1, 0.15) is 0 Å². The number of hydrogen-bond donors (Lipinski definition) is 0. The predicted octanol–water partition coefficient (Wildman–Crippen LogP) is 0.509. The standard InChI is InChI=1S/C15H23NO6/c1-3-20-14(18)11(15(19)21-4-2)12-13(17)16-8-6-5-7-10(16)9-22-12/h10-12H,3-9H2,1-2H3/t10-,12+/m0/s1. The molecule has 0 aromatic rings. The maximum absolute atomic E-state index is 12.6. The Morgan fingerprint density at radius 1 is 1.23 bits per heavy atom. The van der Waals surface area contributed by atoms with Crippen LogP contribution in [0.4, 0.5) is 0 Å². The highest BCUT2D eigenvalue weighted by Gasteiger charge is 2.48. The minimum absolute atomic E-state index is 0.0440. The fourth-order valence-electron chi connectivity index (χ4n) is 2.96. The van der Waals surface area contributed by atoms with Crippen LogP contribution in [0.3, 0.4) is 0 Å². The van der Waals surface area contributed by atoms with Gasteiger partial charge in [-0.2, -0.15) is 0 Å². The van der Waals surface area contributed by atoms with Gasteiger partial charge in [0.05, 0.1) is 25.9 Å². The molecule has 7 nitrogen and oxygen atoms in total. The number of amides is 1. The molecule has 124 valence electrons. The maximum Gasteiger partial charge on any atom is 0.323 e. The second-order valence-corrected chi connectivity index (χ2v) is 5.42. The van der Waals surface area contributed by atoms with Crippen molar-refractivity contribution >= 4 is 17.8 Å². The molecule has 0 aliphatic carbocycles. The number of morpholine rings is 1. The molecule has 0 aromatic carbocycles. The zero-order chi connectivity index (χ0) is 16.1. The molecule has 0 N–H and O–H groups in total. The molecule has 0 radical (unpaired) electrons. The van der Waals surface area contributed by atoms with E-state index in [0.29, 0.717) is 13.2 Å². The van der Waals surface area contributed by atoms with Crippen molar-refractivity contribution in [3.8, 4) is 0 Å². The third kappa shape index (κ3) is 3.40. The molecular formula is C15H23NO6. The Hall–Kier alpha value is -1.63. The average molecular weight is 313 g/mol. The third-order valence-corrected chi connectivity index (χ3v) is 4.01. The van der Waals surface area contributed by atoms with Crippen LogP contribution in [-0.4, -0.2) is 61.3 Å². The monoisotopic (exact) mass is 313 g/mol. The number of fused-ring (bicyclic) bond motifs is 1. The van der Waals surface area contributed by atoms with Crippen molar-refractivity contribution < 1.29 is 28.6 Å². The lowest BCUT2D eigenvalue weighted by atomic mass is 9.94. The van der Waals surface area contributed by atoms with Gasteiger partial charge in [0, 0.05) is 6.54 Å². The highest BCUT2D eigenvalue weighted by molar-refractivity contribution is 6.01. The molecule has 0 aromatic heterocycles. The van der Waals surface area contributed by atoms with Gasteiger partial charge < -0.3 is 19.1 Å². The van der Waals surface area contributed by atoms with Crippen LogP contribution in [0.25, 0.3) is 0 Å². The molecule has 2 fully saturated rings. The highest BCUT2D eigenvalue weighted by Crippen LogP contribution is 2.27. The lowest BCUT2D eigenvalue weighted by Crippen LogP contribution is -2.59. The molecule has 0 bridgehead atoms. The van der Waals surface area contributed by atoms with Crippen LogP contribution in [0.15, 0.2) is 0 Å². The summed E-state index contributed by atoms with van der Waals surface area (Å²) in [6.07, 6.45) is 1.73. The van der Waals surface area contributed by atoms with Crippen LogP contribution in [0.1, 0.15) is 33.1 Å². The summed E-state index contributed by atoms with van der Waals surface area (Å²) < 4.78 is 15.4. The molecule has 1 amide bonds. The van der Waals surface area contributed by atoms with Crippen molar-refractivity contribution in [2.45, 2.75) is 45.3 Å². The summed E-state index contributed by atoms with van der Waals surface area (Å²) in [5.41, 5.74) is 0. The first-order valence-electron chi connectivity index (χ1n) is 7.85. The first-order valence-corrected chi connectivity index (χ1v) is 7.85. The fourth-order valence-corrected chi connectivity index (χ4v) is 2.96. The van der Waals surface area contributed by atoms with E-state index in [-0.39, 0.29) is 25.2 Å². The van der Waals surface area contributed by atoms with E-state index in [1.54, 1.807) is 18.7 Å². The van der Waals surface area contributed by atoms with Gasteiger partial charge in [0.25, 0.3) is 5.91 Å². The van der Waals surface area contributed by atoms with E-state index >= 15 is 0 Å². The molecule has 0 unspecified atom stereocenters. The van der Waals surface area contributed by atoms with E-state index in [4.69, 9.17) is 14.2 Å². The van der Waals surface area contributed by atoms with Crippen molar-refractivity contribution in [1.82, 2.24) is 4.90 Å². The van der Waals surface area contributed by atoms with E-state index in [1.165, 1.54) is 0 Å². The summed E-state index contributed by atoms with van der Waals surface area (Å²) in [7, 11) is 0. The summed E-state index contributed by atoms with van der Waals surface area (Å²) in [4.78, 5) is 38.5. The average Bonchev–Trinajstić information content (AvgIpc) is 2.51. The number of esters is 2. The molecule has 7 heteroatoms. The summed E-state index contributed by atoms with van der Waals surface area (Å²) in [5.74, 6) is -3.21. The molecule has 2 saturated heterocycles. The van der Waals surface area contributed by atoms with Gasteiger partial charge in [-0.15, -0.1) is 0 Å². The van der Waals surface area contributed by atoms with Crippen molar-refractivity contribution in [1.29, 1.82) is 0 Å². The van der Waals surface area contributed by atoms with Crippen LogP contribution >= 0.6 is 0 Å². The summed E-state index contributed by atoms with van der Waals surface area (Å²) in [6, 6.07) is 0.0440. The largest absolute Gasteiger partial charge is 0.465 e. The van der Waals surface area contributed by atoms with Gasteiger partial charge in [-0.25, -0.2) is 0 Å². The molecule has 2 heterocycles. The van der Waals surface area contributed by atoms with Crippen molar-refractivity contribution in [3.05, 3.63) is 0 Å². The van der Waals surface area contributed by atoms with Crippen LogP contribution < -0.4 is 0 Å². The van der Waals surface area contributed by atoms with E-state index in [2.05, 4.69) is 0 Å². The molecule has 0 saturated carbocycles. The van der Waals surface area contributed by atoms with Gasteiger partial charge >= 0.3 is 11.9 Å². The molecule has 0 spiro atoms. The quantitative estimate of drug-likeness (QED) is 0.543. The SMILES string of the molecule is CCOC(=O)C(C(=O)OCC)[C@H]1OC[C@@H]2CCCCN2C1=O. The van der Waals surface area contributed by atoms with Crippen LogP contribution in [0.5, 0.6) is 0 Å². The zero-order valence-electron chi connectivity index (χ0n) is 13.1. The van der Waals surface area contributed by atoms with Gasteiger partial charge in [-0.3, -0.25) is 14.4 Å². The van der Waals surface area contributed by atoms with E-state index in [0.717, 1.165) is 19.3 Å². The number of hydrogen-bond acceptors (Lipinski definition) is 6. The molecule has 22 heavy (non-hydrogen) atoms. The van der Waals surface area contributed by atoms with Gasteiger partial charge in [-0.05, 0) is 33.1 Å². The number of ether oxygens (including phenoxy) is 3. The lowest BCUT2D eigenvalue weighted by molar-refractivity contribution is -0.185. The van der Waals surface area contributed by atoms with E-state index < -0.39 is 24.0 Å². The number of nitrogens with zero attached hydrogens (tertiary/aromatic N) is 1.